The van der Waals surface area contributed by atoms with Gasteiger partial charge in [-0.15, -0.1) is 0 Å². The Balaban J connectivity index is 2.19. The topological polar surface area (TPSA) is 30.5 Å². The quantitative estimate of drug-likeness (QED) is 0.801. The summed E-state index contributed by atoms with van der Waals surface area (Å²) >= 11 is 0. The minimum absolute atomic E-state index is 0.214. The van der Waals surface area contributed by atoms with Crippen LogP contribution < -0.4 is 10.1 Å². The molecular weight excluding hydrogens is 190 g/mol. The van der Waals surface area contributed by atoms with Crippen LogP contribution in [0.1, 0.15) is 18.5 Å². The molecule has 1 aliphatic heterocycles. The molecule has 3 heteroatoms. The second-order valence-corrected chi connectivity index (χ2v) is 3.78. The maximum atomic E-state index is 5.62. The summed E-state index contributed by atoms with van der Waals surface area (Å²) < 4.78 is 10.8. The number of benzene rings is 1. The SMILES string of the molecule is COc1cccc(C2NCCOC2C)c1. The average molecular weight is 207 g/mol. The number of hydrogen-bond donors (Lipinski definition) is 1. The molecule has 1 aromatic carbocycles. The first-order valence-corrected chi connectivity index (χ1v) is 5.30. The van der Waals surface area contributed by atoms with Crippen LogP contribution in [0.3, 0.4) is 0 Å². The van der Waals surface area contributed by atoms with Crippen LogP contribution in [0.5, 0.6) is 5.75 Å². The largest absolute Gasteiger partial charge is 0.497 e. The molecule has 2 rings (SSSR count). The van der Waals surface area contributed by atoms with E-state index < -0.39 is 0 Å². The molecule has 15 heavy (non-hydrogen) atoms. The predicted octanol–water partition coefficient (Wildman–Crippen LogP) is 1.74. The van der Waals surface area contributed by atoms with Crippen molar-refractivity contribution in [2.24, 2.45) is 0 Å². The van der Waals surface area contributed by atoms with E-state index in [1.807, 2.05) is 12.1 Å². The maximum Gasteiger partial charge on any atom is 0.119 e. The number of nitrogens with one attached hydrogen (secondary N) is 1. The zero-order valence-electron chi connectivity index (χ0n) is 9.19. The fourth-order valence-electron chi connectivity index (χ4n) is 1.95. The highest BCUT2D eigenvalue weighted by Gasteiger charge is 2.23. The number of hydrogen-bond acceptors (Lipinski definition) is 3. The predicted molar refractivity (Wildman–Crippen MR) is 59.2 cm³/mol. The van der Waals surface area contributed by atoms with Gasteiger partial charge in [-0.1, -0.05) is 12.1 Å². The van der Waals surface area contributed by atoms with Gasteiger partial charge in [0.25, 0.3) is 0 Å². The van der Waals surface area contributed by atoms with Crippen molar-refractivity contribution < 1.29 is 9.47 Å². The summed E-state index contributed by atoms with van der Waals surface area (Å²) in [7, 11) is 1.69. The molecular formula is C12H17NO2. The highest BCUT2D eigenvalue weighted by atomic mass is 16.5. The van der Waals surface area contributed by atoms with Gasteiger partial charge in [-0.25, -0.2) is 0 Å². The number of morpholine rings is 1. The Bertz CT molecular complexity index is 327. The van der Waals surface area contributed by atoms with Crippen LogP contribution in [0.15, 0.2) is 24.3 Å². The summed E-state index contributed by atoms with van der Waals surface area (Å²) in [5, 5.41) is 3.46. The van der Waals surface area contributed by atoms with E-state index in [1.54, 1.807) is 7.11 Å². The highest BCUT2D eigenvalue weighted by molar-refractivity contribution is 5.31. The third-order valence-electron chi connectivity index (χ3n) is 2.77. The van der Waals surface area contributed by atoms with Gasteiger partial charge in [0.05, 0.1) is 25.9 Å². The van der Waals surface area contributed by atoms with E-state index in [-0.39, 0.29) is 12.1 Å². The number of ether oxygens (including phenoxy) is 2. The molecule has 0 bridgehead atoms. The van der Waals surface area contributed by atoms with Crippen LogP contribution in [0.2, 0.25) is 0 Å². The van der Waals surface area contributed by atoms with Crippen molar-refractivity contribution in [3.8, 4) is 5.75 Å². The fourth-order valence-corrected chi connectivity index (χ4v) is 1.95. The van der Waals surface area contributed by atoms with E-state index in [0.29, 0.717) is 0 Å². The van der Waals surface area contributed by atoms with Crippen molar-refractivity contribution in [1.29, 1.82) is 0 Å². The average Bonchev–Trinajstić information content (AvgIpc) is 2.30. The molecule has 0 spiro atoms. The van der Waals surface area contributed by atoms with Gasteiger partial charge >= 0.3 is 0 Å². The summed E-state index contributed by atoms with van der Waals surface area (Å²) in [4.78, 5) is 0. The van der Waals surface area contributed by atoms with Crippen molar-refractivity contribution in [2.45, 2.75) is 19.1 Å². The summed E-state index contributed by atoms with van der Waals surface area (Å²) in [5.41, 5.74) is 1.22. The van der Waals surface area contributed by atoms with Crippen molar-refractivity contribution in [1.82, 2.24) is 5.32 Å². The van der Waals surface area contributed by atoms with Gasteiger partial charge in [0.2, 0.25) is 0 Å². The summed E-state index contributed by atoms with van der Waals surface area (Å²) in [6.45, 7) is 3.80. The van der Waals surface area contributed by atoms with E-state index in [1.165, 1.54) is 5.56 Å². The molecule has 0 amide bonds. The molecule has 1 saturated heterocycles. The van der Waals surface area contributed by atoms with Gasteiger partial charge in [-0.2, -0.15) is 0 Å². The lowest BCUT2D eigenvalue weighted by atomic mass is 10.0. The molecule has 1 aromatic rings. The lowest BCUT2D eigenvalue weighted by Gasteiger charge is -2.30. The lowest BCUT2D eigenvalue weighted by molar-refractivity contribution is 0.00752. The summed E-state index contributed by atoms with van der Waals surface area (Å²) in [6, 6.07) is 8.40. The smallest absolute Gasteiger partial charge is 0.119 e. The molecule has 1 N–H and O–H groups in total. The van der Waals surface area contributed by atoms with E-state index in [9.17, 15) is 0 Å². The molecule has 0 saturated carbocycles. The zero-order chi connectivity index (χ0) is 10.7. The Morgan fingerprint density at radius 1 is 1.47 bits per heavy atom. The van der Waals surface area contributed by atoms with Gasteiger partial charge in [-0.05, 0) is 24.6 Å². The van der Waals surface area contributed by atoms with Gasteiger partial charge in [0.15, 0.2) is 0 Å². The molecule has 0 radical (unpaired) electrons. The van der Waals surface area contributed by atoms with Crippen molar-refractivity contribution in [3.63, 3.8) is 0 Å². The van der Waals surface area contributed by atoms with E-state index >= 15 is 0 Å². The Labute approximate surface area is 90.4 Å². The number of methoxy groups -OCH3 is 1. The van der Waals surface area contributed by atoms with Gasteiger partial charge < -0.3 is 14.8 Å². The Hall–Kier alpha value is -1.06. The van der Waals surface area contributed by atoms with E-state index in [2.05, 4.69) is 24.4 Å². The van der Waals surface area contributed by atoms with Crippen LogP contribution in [0, 0.1) is 0 Å². The Kier molecular flexibility index (Phi) is 3.23. The highest BCUT2D eigenvalue weighted by Crippen LogP contribution is 2.24. The lowest BCUT2D eigenvalue weighted by Crippen LogP contribution is -2.40. The van der Waals surface area contributed by atoms with Crippen LogP contribution in [0.4, 0.5) is 0 Å². The van der Waals surface area contributed by atoms with Crippen LogP contribution in [0.25, 0.3) is 0 Å². The second kappa shape index (κ2) is 4.64. The molecule has 82 valence electrons. The second-order valence-electron chi connectivity index (χ2n) is 3.78. The van der Waals surface area contributed by atoms with Crippen LogP contribution >= 0.6 is 0 Å². The first-order chi connectivity index (χ1) is 7.31. The Morgan fingerprint density at radius 3 is 3.07 bits per heavy atom. The summed E-state index contributed by atoms with van der Waals surface area (Å²) in [5.74, 6) is 0.895. The van der Waals surface area contributed by atoms with Crippen LogP contribution in [-0.4, -0.2) is 26.4 Å². The minimum atomic E-state index is 0.214. The summed E-state index contributed by atoms with van der Waals surface area (Å²) in [6.07, 6.45) is 0.214. The number of rotatable bonds is 2. The van der Waals surface area contributed by atoms with E-state index in [0.717, 1.165) is 18.9 Å². The Morgan fingerprint density at radius 2 is 2.33 bits per heavy atom. The van der Waals surface area contributed by atoms with Crippen molar-refractivity contribution >= 4 is 0 Å². The first kappa shape index (κ1) is 10.5. The zero-order valence-corrected chi connectivity index (χ0v) is 9.19. The first-order valence-electron chi connectivity index (χ1n) is 5.30. The molecule has 0 aliphatic carbocycles. The third-order valence-corrected chi connectivity index (χ3v) is 2.77. The van der Waals surface area contributed by atoms with Crippen LogP contribution in [-0.2, 0) is 4.74 Å². The molecule has 2 atom stereocenters. The monoisotopic (exact) mass is 207 g/mol. The molecule has 1 heterocycles. The normalized spacial score (nSPS) is 26.3. The standard InChI is InChI=1S/C12H17NO2/c1-9-12(13-6-7-15-9)10-4-3-5-11(8-10)14-2/h3-5,8-9,12-13H,6-7H2,1-2H3. The molecule has 2 unspecified atom stereocenters. The minimum Gasteiger partial charge on any atom is -0.497 e. The van der Waals surface area contributed by atoms with Gasteiger partial charge in [0.1, 0.15) is 5.75 Å². The van der Waals surface area contributed by atoms with Gasteiger partial charge in [-0.3, -0.25) is 0 Å². The molecule has 1 aliphatic rings. The molecule has 1 fully saturated rings. The molecule has 0 aromatic heterocycles. The maximum absolute atomic E-state index is 5.62. The third kappa shape index (κ3) is 2.30. The van der Waals surface area contributed by atoms with Crippen molar-refractivity contribution in [3.05, 3.63) is 29.8 Å². The molecule has 3 nitrogen and oxygen atoms in total. The fraction of sp³-hybridized carbons (Fsp3) is 0.500. The van der Waals surface area contributed by atoms with Crippen molar-refractivity contribution in [2.75, 3.05) is 20.3 Å². The van der Waals surface area contributed by atoms with Gasteiger partial charge in [0, 0.05) is 6.54 Å². The van der Waals surface area contributed by atoms with E-state index in [4.69, 9.17) is 9.47 Å².